The molecule has 1 aliphatic rings. The summed E-state index contributed by atoms with van der Waals surface area (Å²) in [6, 6.07) is 3.84. The first kappa shape index (κ1) is 15.9. The summed E-state index contributed by atoms with van der Waals surface area (Å²) in [7, 11) is 0. The number of nitrogens with one attached hydrogen (secondary N) is 1. The van der Waals surface area contributed by atoms with Crippen molar-refractivity contribution < 1.29 is 18.7 Å². The van der Waals surface area contributed by atoms with Gasteiger partial charge < -0.3 is 4.74 Å². The van der Waals surface area contributed by atoms with Gasteiger partial charge in [0, 0.05) is 12.5 Å². The van der Waals surface area contributed by atoms with E-state index in [-0.39, 0.29) is 17.4 Å². The van der Waals surface area contributed by atoms with Gasteiger partial charge in [0.1, 0.15) is 11.6 Å². The van der Waals surface area contributed by atoms with Crippen molar-refractivity contribution in [1.82, 2.24) is 4.98 Å². The molecule has 0 radical (unpaired) electrons. The fraction of sp³-hybridized carbons (Fsp3) is 0.267. The second-order valence-corrected chi connectivity index (χ2v) is 6.39. The van der Waals surface area contributed by atoms with Crippen LogP contribution in [0.15, 0.2) is 18.2 Å². The van der Waals surface area contributed by atoms with Crippen molar-refractivity contribution in [3.63, 3.8) is 0 Å². The molecule has 0 saturated heterocycles. The highest BCUT2D eigenvalue weighted by Gasteiger charge is 2.22. The molecule has 1 aromatic heterocycles. The molecule has 0 saturated carbocycles. The number of carbonyl (C=O) groups is 2. The molecule has 0 fully saturated rings. The predicted octanol–water partition coefficient (Wildman–Crippen LogP) is 3.47. The number of nitrogens with zero attached hydrogens (tertiary/aromatic N) is 1. The van der Waals surface area contributed by atoms with Gasteiger partial charge in [-0.25, -0.2) is 9.37 Å². The highest BCUT2D eigenvalue weighted by Crippen LogP contribution is 2.29. The molecule has 0 bridgehead atoms. The van der Waals surface area contributed by atoms with Crippen LogP contribution in [-0.4, -0.2) is 23.3 Å². The van der Waals surface area contributed by atoms with E-state index >= 15 is 0 Å². The molecule has 120 valence electrons. The Morgan fingerprint density at radius 3 is 3.00 bits per heavy atom. The van der Waals surface area contributed by atoms with E-state index in [1.165, 1.54) is 23.5 Å². The first-order valence-electron chi connectivity index (χ1n) is 6.93. The molecular weight excluding hydrogens is 343 g/mol. The van der Waals surface area contributed by atoms with Gasteiger partial charge in [-0.1, -0.05) is 22.9 Å². The molecule has 2 aromatic rings. The van der Waals surface area contributed by atoms with Crippen molar-refractivity contribution in [1.29, 1.82) is 0 Å². The first-order chi connectivity index (χ1) is 11.0. The summed E-state index contributed by atoms with van der Waals surface area (Å²) in [6.07, 6.45) is 2.06. The van der Waals surface area contributed by atoms with E-state index in [4.69, 9.17) is 16.3 Å². The molecule has 5 nitrogen and oxygen atoms in total. The zero-order valence-corrected chi connectivity index (χ0v) is 13.5. The van der Waals surface area contributed by atoms with Crippen molar-refractivity contribution in [2.75, 3.05) is 11.9 Å². The number of rotatable bonds is 4. The normalized spacial score (nSPS) is 13.6. The second kappa shape index (κ2) is 6.64. The number of anilines is 1. The number of ketones is 1. The minimum Gasteiger partial charge on any atom is -0.484 e. The number of benzene rings is 1. The molecule has 0 aliphatic heterocycles. The van der Waals surface area contributed by atoms with Crippen molar-refractivity contribution in [3.8, 4) is 5.75 Å². The smallest absolute Gasteiger partial charge is 0.264 e. The Hall–Kier alpha value is -1.99. The lowest BCUT2D eigenvalue weighted by Crippen LogP contribution is -2.20. The van der Waals surface area contributed by atoms with Crippen LogP contribution in [0.5, 0.6) is 5.75 Å². The highest BCUT2D eigenvalue weighted by molar-refractivity contribution is 7.17. The number of thiazole rings is 1. The lowest BCUT2D eigenvalue weighted by Gasteiger charge is -2.06. The van der Waals surface area contributed by atoms with Crippen molar-refractivity contribution >= 4 is 39.8 Å². The van der Waals surface area contributed by atoms with E-state index in [0.717, 1.165) is 24.6 Å². The van der Waals surface area contributed by atoms with Crippen LogP contribution >= 0.6 is 22.9 Å². The Morgan fingerprint density at radius 1 is 1.43 bits per heavy atom. The number of Topliss-reactive ketones (excluding diaryl/α,β-unsaturated/α-hetero) is 1. The monoisotopic (exact) mass is 354 g/mol. The summed E-state index contributed by atoms with van der Waals surface area (Å²) in [5.41, 5.74) is 0.743. The molecule has 1 aromatic carbocycles. The van der Waals surface area contributed by atoms with E-state index in [9.17, 15) is 14.0 Å². The number of hydrogen-bond acceptors (Lipinski definition) is 5. The van der Waals surface area contributed by atoms with Crippen LogP contribution in [0.25, 0.3) is 0 Å². The van der Waals surface area contributed by atoms with E-state index in [1.54, 1.807) is 0 Å². The number of fused-ring (bicyclic) bond motifs is 1. The zero-order valence-electron chi connectivity index (χ0n) is 11.9. The number of hydrogen-bond donors (Lipinski definition) is 1. The number of ether oxygens (including phenoxy) is 1. The van der Waals surface area contributed by atoms with Crippen LogP contribution < -0.4 is 10.1 Å². The Balaban J connectivity index is 1.59. The van der Waals surface area contributed by atoms with E-state index in [1.807, 2.05) is 0 Å². The molecule has 1 heterocycles. The van der Waals surface area contributed by atoms with Crippen molar-refractivity contribution in [2.45, 2.75) is 19.3 Å². The van der Waals surface area contributed by atoms with Crippen LogP contribution in [0, 0.1) is 5.82 Å². The van der Waals surface area contributed by atoms with Crippen LogP contribution in [-0.2, 0) is 11.2 Å². The van der Waals surface area contributed by atoms with Crippen LogP contribution in [0.1, 0.15) is 28.2 Å². The molecule has 0 atom stereocenters. The number of carbonyl (C=O) groups excluding carboxylic acids is 2. The maximum absolute atomic E-state index is 13.0. The molecule has 1 amide bonds. The SMILES string of the molecule is O=C(COc1ccc(F)c(Cl)c1)Nc1nc2c(s1)C(=O)CCC2. The lowest BCUT2D eigenvalue weighted by atomic mass is 10.0. The Morgan fingerprint density at radius 2 is 2.26 bits per heavy atom. The summed E-state index contributed by atoms with van der Waals surface area (Å²) >= 11 is 6.81. The van der Waals surface area contributed by atoms with Crippen molar-refractivity contribution in [2.24, 2.45) is 0 Å². The van der Waals surface area contributed by atoms with Crippen LogP contribution in [0.3, 0.4) is 0 Å². The largest absolute Gasteiger partial charge is 0.484 e. The molecule has 23 heavy (non-hydrogen) atoms. The van der Waals surface area contributed by atoms with Crippen molar-refractivity contribution in [3.05, 3.63) is 39.6 Å². The van der Waals surface area contributed by atoms with Gasteiger partial charge in [-0.15, -0.1) is 0 Å². The van der Waals surface area contributed by atoms with Crippen LogP contribution in [0.4, 0.5) is 9.52 Å². The quantitative estimate of drug-likeness (QED) is 0.912. The third-order valence-electron chi connectivity index (χ3n) is 3.28. The standard InChI is InChI=1S/C15H12ClFN2O3S/c16-9-6-8(4-5-10(9)17)22-7-13(21)19-15-18-11-2-1-3-12(20)14(11)23-15/h4-6H,1-3,7H2,(H,18,19,21). The predicted molar refractivity (Wildman–Crippen MR) is 84.9 cm³/mol. The third-order valence-corrected chi connectivity index (χ3v) is 4.62. The first-order valence-corrected chi connectivity index (χ1v) is 8.13. The summed E-state index contributed by atoms with van der Waals surface area (Å²) in [6.45, 7) is -0.264. The summed E-state index contributed by atoms with van der Waals surface area (Å²) < 4.78 is 18.3. The third kappa shape index (κ3) is 3.68. The summed E-state index contributed by atoms with van der Waals surface area (Å²) in [5, 5.41) is 2.91. The van der Waals surface area contributed by atoms with Gasteiger partial charge in [0.15, 0.2) is 17.5 Å². The maximum Gasteiger partial charge on any atom is 0.264 e. The summed E-state index contributed by atoms with van der Waals surface area (Å²) in [4.78, 5) is 28.5. The molecule has 1 aliphatic carbocycles. The van der Waals surface area contributed by atoms with Gasteiger partial charge >= 0.3 is 0 Å². The molecular formula is C15H12ClFN2O3S. The van der Waals surface area contributed by atoms with Gasteiger partial charge in [0.2, 0.25) is 0 Å². The molecule has 0 spiro atoms. The average Bonchev–Trinajstić information content (AvgIpc) is 2.92. The second-order valence-electron chi connectivity index (χ2n) is 4.98. The minimum atomic E-state index is -0.554. The molecule has 0 unspecified atom stereocenters. The fourth-order valence-electron chi connectivity index (χ4n) is 2.19. The molecule has 8 heteroatoms. The van der Waals surface area contributed by atoms with Gasteiger partial charge in [-0.3, -0.25) is 14.9 Å². The van der Waals surface area contributed by atoms with E-state index in [2.05, 4.69) is 10.3 Å². The lowest BCUT2D eigenvalue weighted by molar-refractivity contribution is -0.118. The number of aromatic nitrogens is 1. The van der Waals surface area contributed by atoms with Gasteiger partial charge in [-0.2, -0.15) is 0 Å². The Bertz CT molecular complexity index is 778. The average molecular weight is 355 g/mol. The molecule has 1 N–H and O–H groups in total. The van der Waals surface area contributed by atoms with E-state index < -0.39 is 11.7 Å². The topological polar surface area (TPSA) is 68.3 Å². The molecule has 3 rings (SSSR count). The van der Waals surface area contributed by atoms with E-state index in [0.29, 0.717) is 22.2 Å². The fourth-order valence-corrected chi connectivity index (χ4v) is 3.36. The van der Waals surface area contributed by atoms with Gasteiger partial charge in [-0.05, 0) is 25.0 Å². The minimum absolute atomic E-state index is 0.0708. The maximum atomic E-state index is 13.0. The number of amides is 1. The Kier molecular flexibility index (Phi) is 4.58. The number of halogens is 2. The highest BCUT2D eigenvalue weighted by atomic mass is 35.5. The van der Waals surface area contributed by atoms with Gasteiger partial charge in [0.25, 0.3) is 5.91 Å². The zero-order chi connectivity index (χ0) is 16.4. The Labute approximate surface area is 140 Å². The summed E-state index contributed by atoms with van der Waals surface area (Å²) in [5.74, 6) is -0.605. The number of aryl methyl sites for hydroxylation is 1. The van der Waals surface area contributed by atoms with Crippen LogP contribution in [0.2, 0.25) is 5.02 Å². The van der Waals surface area contributed by atoms with Gasteiger partial charge in [0.05, 0.1) is 15.6 Å².